The Hall–Kier alpha value is -1.33. The first kappa shape index (κ1) is 51.3. The fraction of sp³-hybridized carbons (Fsp3) is 0.974. The van der Waals surface area contributed by atoms with Crippen molar-refractivity contribution in [2.24, 2.45) is 5.92 Å². The number of aliphatic hydroxyl groups excluding tert-OH is 13. The zero-order valence-corrected chi connectivity index (χ0v) is 34.3. The van der Waals surface area contributed by atoms with Gasteiger partial charge in [-0.15, -0.1) is 0 Å². The van der Waals surface area contributed by atoms with Crippen LogP contribution in [0.5, 0.6) is 0 Å². The average molecular weight is 875 g/mol. The van der Waals surface area contributed by atoms with E-state index in [2.05, 4.69) is 5.32 Å². The van der Waals surface area contributed by atoms with Crippen LogP contribution in [0.25, 0.3) is 0 Å². The third kappa shape index (κ3) is 13.4. The Bertz CT molecular complexity index is 1240. The smallest absolute Gasteiger partial charge is 0.219 e. The number of carbonyl (C=O) groups excluding carboxylic acids is 1. The highest BCUT2D eigenvalue weighted by atomic mass is 16.7. The fourth-order valence-corrected chi connectivity index (χ4v) is 8.14. The number of aliphatic hydroxyl groups is 13. The molecule has 3 saturated heterocycles. The van der Waals surface area contributed by atoms with Gasteiger partial charge in [-0.05, 0) is 59.0 Å². The maximum atomic E-state index is 11.9. The molecule has 1 saturated carbocycles. The van der Waals surface area contributed by atoms with Crippen molar-refractivity contribution in [1.82, 2.24) is 10.2 Å². The normalized spacial score (nSPS) is 42.7. The van der Waals surface area contributed by atoms with E-state index in [0.717, 1.165) is 6.42 Å². The van der Waals surface area contributed by atoms with Crippen molar-refractivity contribution in [3.63, 3.8) is 0 Å². The molecule has 3 heterocycles. The van der Waals surface area contributed by atoms with Crippen molar-refractivity contribution in [2.45, 2.75) is 175 Å². The maximum Gasteiger partial charge on any atom is 0.219 e. The summed E-state index contributed by atoms with van der Waals surface area (Å²) in [4.78, 5) is 14.0. The molecule has 0 aromatic carbocycles. The van der Waals surface area contributed by atoms with E-state index in [-0.39, 0.29) is 25.5 Å². The molecule has 1 aliphatic carbocycles. The van der Waals surface area contributed by atoms with Crippen LogP contribution >= 0.6 is 0 Å². The molecule has 0 aromatic rings. The lowest BCUT2D eigenvalue weighted by molar-refractivity contribution is -0.340. The Morgan fingerprint density at radius 3 is 1.95 bits per heavy atom. The maximum absolute atomic E-state index is 11.9. The Kier molecular flexibility index (Phi) is 21.1. The monoisotopic (exact) mass is 874 g/mol. The number of rotatable bonds is 22. The highest BCUT2D eigenvalue weighted by molar-refractivity contribution is 5.75. The molecule has 0 unspecified atom stereocenters. The summed E-state index contributed by atoms with van der Waals surface area (Å²) in [5, 5.41) is 138. The van der Waals surface area contributed by atoms with Crippen molar-refractivity contribution >= 4 is 5.91 Å². The van der Waals surface area contributed by atoms with Gasteiger partial charge < -0.3 is 105 Å². The number of nitrogens with zero attached hydrogens (tertiary/aromatic N) is 1. The Morgan fingerprint density at radius 1 is 0.633 bits per heavy atom. The summed E-state index contributed by atoms with van der Waals surface area (Å²) in [6.07, 6.45) is -24.2. The zero-order chi connectivity index (χ0) is 44.3. The standard InChI is InChI=1S/C38H70N2O20/c1-3-39-24(43)9-5-4-6-10-40(11-7-8-20-27(46)31(50)25(44)18(2)57-20)12-13-55-38-35(54)36(58-21-14-19(15-41)26(45)32(51)28(21)47)30(49)23(60-38)17-56-37-34(53)33(52)29(48)22(16-42)59-37/h18-23,25-38,41-42,44-54H,3-17H2,1-2H3,(H,39,43)/t18-,19+,20-,21-,22+,23+,25+,26+,27+,28+,29+,30+,31+,32-,33-,34-,35-,36-,37-,38-/m0/s1. The lowest BCUT2D eigenvalue weighted by atomic mass is 9.81. The van der Waals surface area contributed by atoms with Crippen molar-refractivity contribution in [2.75, 3.05) is 52.6 Å². The van der Waals surface area contributed by atoms with Crippen LogP contribution in [0, 0.1) is 5.92 Å². The van der Waals surface area contributed by atoms with Gasteiger partial charge in [-0.3, -0.25) is 4.79 Å². The molecule has 3 aliphatic heterocycles. The van der Waals surface area contributed by atoms with Crippen molar-refractivity contribution < 1.29 is 99.6 Å². The summed E-state index contributed by atoms with van der Waals surface area (Å²) < 4.78 is 34.8. The van der Waals surface area contributed by atoms with Crippen LogP contribution < -0.4 is 5.32 Å². The number of nitrogens with one attached hydrogen (secondary N) is 1. The van der Waals surface area contributed by atoms with Gasteiger partial charge in [0.1, 0.15) is 79.4 Å². The van der Waals surface area contributed by atoms with Crippen LogP contribution in [-0.4, -0.2) is 246 Å². The second-order valence-corrected chi connectivity index (χ2v) is 16.3. The first-order valence-electron chi connectivity index (χ1n) is 21.1. The molecule has 352 valence electrons. The van der Waals surface area contributed by atoms with E-state index in [1.807, 2.05) is 11.8 Å². The number of hydrogen-bond acceptors (Lipinski definition) is 21. The van der Waals surface area contributed by atoms with E-state index in [1.54, 1.807) is 6.92 Å². The van der Waals surface area contributed by atoms with Gasteiger partial charge in [0.25, 0.3) is 0 Å². The summed E-state index contributed by atoms with van der Waals surface area (Å²) in [7, 11) is 0. The van der Waals surface area contributed by atoms with Gasteiger partial charge in [-0.2, -0.15) is 0 Å². The summed E-state index contributed by atoms with van der Waals surface area (Å²) in [5.41, 5.74) is 0. The van der Waals surface area contributed by atoms with Crippen LogP contribution in [0.15, 0.2) is 0 Å². The molecule has 0 aromatic heterocycles. The van der Waals surface area contributed by atoms with E-state index in [4.69, 9.17) is 28.4 Å². The number of ether oxygens (including phenoxy) is 6. The summed E-state index contributed by atoms with van der Waals surface area (Å²) in [6, 6.07) is 0. The van der Waals surface area contributed by atoms with Crippen LogP contribution in [0.1, 0.15) is 58.8 Å². The van der Waals surface area contributed by atoms with Crippen LogP contribution in [0.3, 0.4) is 0 Å². The third-order valence-corrected chi connectivity index (χ3v) is 11.9. The molecular formula is C38H70N2O20. The molecule has 4 aliphatic rings. The van der Waals surface area contributed by atoms with E-state index in [9.17, 15) is 71.2 Å². The number of carbonyl (C=O) groups is 1. The fourth-order valence-electron chi connectivity index (χ4n) is 8.14. The van der Waals surface area contributed by atoms with Crippen LogP contribution in [0.2, 0.25) is 0 Å². The zero-order valence-electron chi connectivity index (χ0n) is 34.3. The minimum Gasteiger partial charge on any atom is -0.396 e. The van der Waals surface area contributed by atoms with Crippen LogP contribution in [0.4, 0.5) is 0 Å². The van der Waals surface area contributed by atoms with Gasteiger partial charge in [-0.1, -0.05) is 6.42 Å². The molecule has 22 heteroatoms. The van der Waals surface area contributed by atoms with Gasteiger partial charge in [0.2, 0.25) is 5.91 Å². The molecule has 20 atom stereocenters. The van der Waals surface area contributed by atoms with Crippen molar-refractivity contribution in [1.29, 1.82) is 0 Å². The predicted molar refractivity (Wildman–Crippen MR) is 203 cm³/mol. The van der Waals surface area contributed by atoms with E-state index in [0.29, 0.717) is 51.7 Å². The Morgan fingerprint density at radius 2 is 1.27 bits per heavy atom. The SMILES string of the molecule is CCNC(=O)CCCCCN(CCC[C@@H]1O[C@@H](C)[C@@H](O)[C@@H](O)[C@@H]1O)CCO[C@H]1O[C@H](CO[C@H]2O[C@H](CO)[C@@H](O)[C@H](O)[C@@H]2O)[C@@H](O)[C@H](O[C@H]2C[C@H](CO)[C@@H](O)[C@H](O)[C@@H]2O)[C@@H]1O. The minimum atomic E-state index is -1.78. The number of hydrogen-bond donors (Lipinski definition) is 14. The van der Waals surface area contributed by atoms with Crippen molar-refractivity contribution in [3.05, 3.63) is 0 Å². The highest BCUT2D eigenvalue weighted by Gasteiger charge is 2.51. The Balaban J connectivity index is 1.44. The second kappa shape index (κ2) is 24.7. The highest BCUT2D eigenvalue weighted by Crippen LogP contribution is 2.33. The van der Waals surface area contributed by atoms with Crippen molar-refractivity contribution in [3.8, 4) is 0 Å². The predicted octanol–water partition coefficient (Wildman–Crippen LogP) is -6.24. The summed E-state index contributed by atoms with van der Waals surface area (Å²) in [5.74, 6) is -0.946. The molecule has 14 N–H and O–H groups in total. The molecule has 22 nitrogen and oxygen atoms in total. The first-order valence-corrected chi connectivity index (χ1v) is 21.1. The number of unbranched alkanes of at least 4 members (excludes halogenated alkanes) is 2. The summed E-state index contributed by atoms with van der Waals surface area (Å²) >= 11 is 0. The van der Waals surface area contributed by atoms with Gasteiger partial charge in [0.05, 0.1) is 44.2 Å². The summed E-state index contributed by atoms with van der Waals surface area (Å²) in [6.45, 7) is 3.39. The van der Waals surface area contributed by atoms with Gasteiger partial charge in [-0.25, -0.2) is 0 Å². The quantitative estimate of drug-likeness (QED) is 0.0450. The molecule has 4 fully saturated rings. The van der Waals surface area contributed by atoms with Gasteiger partial charge in [0.15, 0.2) is 12.6 Å². The van der Waals surface area contributed by atoms with E-state index in [1.165, 1.54) is 0 Å². The first-order chi connectivity index (χ1) is 28.5. The largest absolute Gasteiger partial charge is 0.396 e. The molecule has 1 amide bonds. The minimum absolute atomic E-state index is 0.0364. The van der Waals surface area contributed by atoms with Gasteiger partial charge in [0, 0.05) is 32.0 Å². The lowest BCUT2D eigenvalue weighted by Gasteiger charge is -2.47. The number of amides is 1. The molecular weight excluding hydrogens is 804 g/mol. The molecule has 60 heavy (non-hydrogen) atoms. The second-order valence-electron chi connectivity index (χ2n) is 16.3. The molecule has 0 bridgehead atoms. The topological polar surface area (TPSA) is 351 Å². The Labute approximate surface area is 349 Å². The molecule has 4 rings (SSSR count). The molecule has 0 spiro atoms. The van der Waals surface area contributed by atoms with Crippen LogP contribution in [-0.2, 0) is 33.2 Å². The van der Waals surface area contributed by atoms with Gasteiger partial charge >= 0.3 is 0 Å². The van der Waals surface area contributed by atoms with E-state index < -0.39 is 142 Å². The average Bonchev–Trinajstić information content (AvgIpc) is 3.23. The molecule has 0 radical (unpaired) electrons. The third-order valence-electron chi connectivity index (χ3n) is 11.9. The van der Waals surface area contributed by atoms with E-state index >= 15 is 0 Å². The lowest BCUT2D eigenvalue weighted by Crippen LogP contribution is -2.64.